The first-order valence-electron chi connectivity index (χ1n) is 3.31. The number of rotatable bonds is 2. The lowest BCUT2D eigenvalue weighted by Crippen LogP contribution is -2.30. The lowest BCUT2D eigenvalue weighted by Gasteiger charge is -2.39. The van der Waals surface area contributed by atoms with Gasteiger partial charge in [0.15, 0.2) is 0 Å². The zero-order chi connectivity index (χ0) is 8.58. The highest BCUT2D eigenvalue weighted by Crippen LogP contribution is 2.40. The van der Waals surface area contributed by atoms with Crippen LogP contribution in [-0.2, 0) is 0 Å². The third-order valence-corrected chi connectivity index (χ3v) is 1.87. The molecule has 0 spiro atoms. The molecule has 0 aliphatic carbocycles. The van der Waals surface area contributed by atoms with E-state index in [2.05, 4.69) is 0 Å². The average Bonchev–Trinajstić information content (AvgIpc) is 1.59. The summed E-state index contributed by atoms with van der Waals surface area (Å²) >= 11 is 0. The monoisotopic (exact) mass is 126 g/mol. The van der Waals surface area contributed by atoms with Crippen LogP contribution in [0.3, 0.4) is 0 Å². The molecule has 0 bridgehead atoms. The van der Waals surface area contributed by atoms with Gasteiger partial charge in [-0.3, -0.25) is 0 Å². The van der Waals surface area contributed by atoms with E-state index in [1.165, 1.54) is 0 Å². The van der Waals surface area contributed by atoms with Crippen LogP contribution in [0.15, 0.2) is 0 Å². The van der Waals surface area contributed by atoms with Crippen molar-refractivity contribution < 1.29 is 0 Å². The van der Waals surface area contributed by atoms with Gasteiger partial charge in [-0.25, -0.2) is 0 Å². The maximum absolute atomic E-state index is 5.58. The third-order valence-electron chi connectivity index (χ3n) is 1.87. The summed E-state index contributed by atoms with van der Waals surface area (Å²) in [5.74, 6) is -0.125. The van der Waals surface area contributed by atoms with Gasteiger partial charge >= 0.3 is 0 Å². The molecular weight excluding hydrogens is 115 g/mol. The summed E-state index contributed by atoms with van der Waals surface area (Å²) in [6.07, 6.45) is 0. The lowest BCUT2D eigenvalue weighted by atomic mass is 9.37. The van der Waals surface area contributed by atoms with Crippen LogP contribution in [0.2, 0.25) is 10.4 Å². The van der Waals surface area contributed by atoms with Gasteiger partial charge in [0.25, 0.3) is 0 Å². The molecular formula is C6H10B4. The second-order valence-electron chi connectivity index (χ2n) is 3.45. The Morgan fingerprint density at radius 3 is 1.10 bits per heavy atom. The maximum atomic E-state index is 5.58. The van der Waals surface area contributed by atoms with Gasteiger partial charge in [-0.15, -0.1) is 10.4 Å². The van der Waals surface area contributed by atoms with Crippen molar-refractivity contribution in [2.75, 3.05) is 0 Å². The van der Waals surface area contributed by atoms with E-state index in [1.807, 2.05) is 6.92 Å². The molecule has 0 amide bonds. The first kappa shape index (κ1) is 10.3. The molecule has 0 aromatic rings. The quantitative estimate of drug-likeness (QED) is 0.473. The Kier molecular flexibility index (Phi) is 2.78. The van der Waals surface area contributed by atoms with Crippen molar-refractivity contribution in [1.82, 2.24) is 0 Å². The molecule has 0 nitrogen and oxygen atoms in total. The van der Waals surface area contributed by atoms with Gasteiger partial charge < -0.3 is 0 Å². The lowest BCUT2D eigenvalue weighted by molar-refractivity contribution is 0.468. The molecule has 0 aromatic heterocycles. The highest BCUT2D eigenvalue weighted by molar-refractivity contribution is 6.44. The van der Waals surface area contributed by atoms with Gasteiger partial charge in [-0.1, -0.05) is 26.7 Å². The minimum Gasteiger partial charge on any atom is -0.100 e. The minimum absolute atomic E-state index is 0.125. The van der Waals surface area contributed by atoms with E-state index < -0.39 is 10.4 Å². The second kappa shape index (κ2) is 2.71. The van der Waals surface area contributed by atoms with Crippen LogP contribution in [-0.4, -0.2) is 31.4 Å². The molecule has 0 atom stereocenters. The summed E-state index contributed by atoms with van der Waals surface area (Å²) in [6, 6.07) is 0. The summed E-state index contributed by atoms with van der Waals surface area (Å²) < 4.78 is 0. The van der Waals surface area contributed by atoms with Crippen molar-refractivity contribution in [2.45, 2.75) is 31.2 Å². The second-order valence-corrected chi connectivity index (χ2v) is 3.45. The molecule has 0 unspecified atom stereocenters. The van der Waals surface area contributed by atoms with Crippen LogP contribution >= 0.6 is 0 Å². The van der Waals surface area contributed by atoms with Crippen molar-refractivity contribution in [3.05, 3.63) is 0 Å². The van der Waals surface area contributed by atoms with Crippen molar-refractivity contribution >= 4 is 31.4 Å². The topological polar surface area (TPSA) is 0 Å². The summed E-state index contributed by atoms with van der Waals surface area (Å²) in [5.41, 5.74) is 0. The van der Waals surface area contributed by atoms with Gasteiger partial charge in [0.2, 0.25) is 0 Å². The maximum Gasteiger partial charge on any atom is 0.0620 e. The Morgan fingerprint density at radius 1 is 0.900 bits per heavy atom. The van der Waals surface area contributed by atoms with Crippen molar-refractivity contribution in [3.63, 3.8) is 0 Å². The van der Waals surface area contributed by atoms with E-state index in [0.29, 0.717) is 0 Å². The number of hydrogen-bond donors (Lipinski definition) is 0. The smallest absolute Gasteiger partial charge is 0.0620 e. The predicted molar refractivity (Wildman–Crippen MR) is 48.9 cm³/mol. The zero-order valence-electron chi connectivity index (χ0n) is 6.89. The van der Waals surface area contributed by atoms with E-state index in [9.17, 15) is 0 Å². The fourth-order valence-corrected chi connectivity index (χ4v) is 0.670. The highest BCUT2D eigenvalue weighted by Gasteiger charge is 2.28. The van der Waals surface area contributed by atoms with E-state index in [0.717, 1.165) is 0 Å². The SMILES string of the molecule is [B]C([B])(C)C(C)C([B])([B])C. The van der Waals surface area contributed by atoms with Crippen LogP contribution in [0.4, 0.5) is 0 Å². The zero-order valence-corrected chi connectivity index (χ0v) is 6.89. The molecule has 4 heteroatoms. The summed E-state index contributed by atoms with van der Waals surface area (Å²) in [4.78, 5) is 0. The molecule has 0 saturated carbocycles. The third kappa shape index (κ3) is 2.90. The van der Waals surface area contributed by atoms with Crippen LogP contribution in [0.5, 0.6) is 0 Å². The van der Waals surface area contributed by atoms with Gasteiger partial charge in [0.1, 0.15) is 0 Å². The van der Waals surface area contributed by atoms with Crippen LogP contribution < -0.4 is 0 Å². The fraction of sp³-hybridized carbons (Fsp3) is 1.00. The first-order chi connectivity index (χ1) is 4.15. The Hall–Kier alpha value is 0.260. The molecule has 0 N–H and O–H groups in total. The Morgan fingerprint density at radius 2 is 1.10 bits per heavy atom. The molecule has 0 aliphatic rings. The highest BCUT2D eigenvalue weighted by atomic mass is 14.2. The molecule has 10 heavy (non-hydrogen) atoms. The Bertz CT molecular complexity index is 93.9. The molecule has 0 heterocycles. The molecule has 8 radical (unpaired) electrons. The summed E-state index contributed by atoms with van der Waals surface area (Å²) in [6.45, 7) is 5.24. The number of hydrogen-bond acceptors (Lipinski definition) is 0. The van der Waals surface area contributed by atoms with E-state index >= 15 is 0 Å². The fourth-order valence-electron chi connectivity index (χ4n) is 0.670. The molecule has 0 rings (SSSR count). The minimum atomic E-state index is -0.807. The van der Waals surface area contributed by atoms with E-state index in [-0.39, 0.29) is 5.92 Å². The molecule has 46 valence electrons. The van der Waals surface area contributed by atoms with Gasteiger partial charge in [0, 0.05) is 0 Å². The molecule has 0 saturated heterocycles. The van der Waals surface area contributed by atoms with E-state index in [4.69, 9.17) is 31.4 Å². The van der Waals surface area contributed by atoms with Crippen LogP contribution in [0.25, 0.3) is 0 Å². The van der Waals surface area contributed by atoms with Crippen LogP contribution in [0, 0.1) is 5.92 Å². The van der Waals surface area contributed by atoms with E-state index in [1.54, 1.807) is 13.8 Å². The average molecular weight is 125 g/mol. The van der Waals surface area contributed by atoms with Gasteiger partial charge in [-0.05, 0) is 0 Å². The first-order valence-corrected chi connectivity index (χ1v) is 3.31. The standard InChI is InChI=1S/C6H10B4/c1-4(5(2,7)8)6(3,9)10/h4H,1-3H3. The largest absolute Gasteiger partial charge is 0.100 e. The predicted octanol–water partition coefficient (Wildman–Crippen LogP) is 0.569. The molecule has 0 aliphatic heterocycles. The Balaban J connectivity index is 4.23. The van der Waals surface area contributed by atoms with Crippen molar-refractivity contribution in [3.8, 4) is 0 Å². The van der Waals surface area contributed by atoms with Crippen molar-refractivity contribution in [2.24, 2.45) is 5.92 Å². The Labute approximate surface area is 69.2 Å². The summed E-state index contributed by atoms with van der Waals surface area (Å²) in [7, 11) is 22.3. The normalized spacial score (nSPS) is 14.0. The van der Waals surface area contributed by atoms with Crippen molar-refractivity contribution in [1.29, 1.82) is 0 Å². The van der Waals surface area contributed by atoms with Crippen LogP contribution in [0.1, 0.15) is 20.8 Å². The summed E-state index contributed by atoms with van der Waals surface area (Å²) in [5, 5.41) is -1.61. The van der Waals surface area contributed by atoms with Gasteiger partial charge in [0.05, 0.1) is 31.4 Å². The molecule has 0 fully saturated rings. The molecule has 0 aromatic carbocycles. The van der Waals surface area contributed by atoms with Gasteiger partial charge in [-0.2, -0.15) is 0 Å².